The monoisotopic (exact) mass is 487 g/mol. The second-order valence-electron chi connectivity index (χ2n) is 6.73. The number of rotatable bonds is 6. The number of amides is 1. The molecule has 0 aromatic rings. The minimum absolute atomic E-state index is 0. The molecule has 0 spiro atoms. The summed E-state index contributed by atoms with van der Waals surface area (Å²) in [7, 11) is 1.79. The van der Waals surface area contributed by atoms with Crippen LogP contribution < -0.4 is 10.6 Å². The van der Waals surface area contributed by atoms with Crippen LogP contribution in [0.15, 0.2) is 4.99 Å². The maximum atomic E-state index is 12.0. The van der Waals surface area contributed by atoms with Gasteiger partial charge >= 0.3 is 6.09 Å². The van der Waals surface area contributed by atoms with E-state index in [2.05, 4.69) is 26.8 Å². The molecule has 0 bridgehead atoms. The Bertz CT molecular complexity index is 410. The van der Waals surface area contributed by atoms with Crippen LogP contribution in [0.3, 0.4) is 0 Å². The lowest BCUT2D eigenvalue weighted by Crippen LogP contribution is -2.51. The summed E-state index contributed by atoms with van der Waals surface area (Å²) in [6, 6.07) is 0. The van der Waals surface area contributed by atoms with E-state index in [0.29, 0.717) is 0 Å². The van der Waals surface area contributed by atoms with Gasteiger partial charge in [0, 0.05) is 58.6 Å². The van der Waals surface area contributed by atoms with Gasteiger partial charge in [-0.3, -0.25) is 9.89 Å². The first-order valence-corrected chi connectivity index (χ1v) is 9.89. The van der Waals surface area contributed by atoms with Crippen LogP contribution in [0.2, 0.25) is 0 Å². The van der Waals surface area contributed by atoms with E-state index in [0.717, 1.165) is 57.5 Å². The SMILES string of the molecule is CN=C(NCCSC)NCCN1CCN(C(=O)OC(C)(C)C)CC1.I. The molecule has 0 aliphatic carbocycles. The first kappa shape index (κ1) is 24.6. The van der Waals surface area contributed by atoms with Crippen molar-refractivity contribution in [3.63, 3.8) is 0 Å². The summed E-state index contributed by atoms with van der Waals surface area (Å²) in [5.41, 5.74) is -0.433. The number of nitrogens with one attached hydrogen (secondary N) is 2. The molecule has 1 heterocycles. The maximum Gasteiger partial charge on any atom is 0.410 e. The van der Waals surface area contributed by atoms with Gasteiger partial charge in [0.05, 0.1) is 0 Å². The zero-order chi connectivity index (χ0) is 18.0. The first-order valence-electron chi connectivity index (χ1n) is 8.49. The Morgan fingerprint density at radius 1 is 1.16 bits per heavy atom. The Kier molecular flexibility index (Phi) is 12.6. The van der Waals surface area contributed by atoms with Crippen molar-refractivity contribution < 1.29 is 9.53 Å². The molecule has 0 atom stereocenters. The lowest BCUT2D eigenvalue weighted by molar-refractivity contribution is 0.0147. The number of nitrogens with zero attached hydrogens (tertiary/aromatic N) is 3. The second-order valence-corrected chi connectivity index (χ2v) is 7.71. The molecule has 25 heavy (non-hydrogen) atoms. The fraction of sp³-hybridized carbons (Fsp3) is 0.875. The summed E-state index contributed by atoms with van der Waals surface area (Å²) in [5, 5.41) is 6.61. The van der Waals surface area contributed by atoms with Crippen molar-refractivity contribution in [2.75, 3.05) is 64.9 Å². The number of ether oxygens (including phenoxy) is 1. The average Bonchev–Trinajstić information content (AvgIpc) is 2.52. The van der Waals surface area contributed by atoms with Crippen LogP contribution in [0.4, 0.5) is 4.79 Å². The number of piperazine rings is 1. The molecule has 148 valence electrons. The van der Waals surface area contributed by atoms with Gasteiger partial charge in [-0.25, -0.2) is 4.79 Å². The molecule has 7 nitrogen and oxygen atoms in total. The summed E-state index contributed by atoms with van der Waals surface area (Å²) >= 11 is 1.81. The van der Waals surface area contributed by atoms with Crippen molar-refractivity contribution in [2.45, 2.75) is 26.4 Å². The molecule has 0 unspecified atom stereocenters. The molecule has 1 fully saturated rings. The molecule has 0 saturated carbocycles. The van der Waals surface area contributed by atoms with Gasteiger partial charge in [0.25, 0.3) is 0 Å². The quantitative estimate of drug-likeness (QED) is 0.257. The number of hydrogen-bond acceptors (Lipinski definition) is 5. The van der Waals surface area contributed by atoms with E-state index >= 15 is 0 Å². The van der Waals surface area contributed by atoms with Gasteiger partial charge in [0.15, 0.2) is 5.96 Å². The zero-order valence-corrected chi connectivity index (χ0v) is 19.3. The zero-order valence-electron chi connectivity index (χ0n) is 16.1. The predicted octanol–water partition coefficient (Wildman–Crippen LogP) is 1.69. The lowest BCUT2D eigenvalue weighted by Gasteiger charge is -2.35. The van der Waals surface area contributed by atoms with Crippen LogP contribution >= 0.6 is 35.7 Å². The largest absolute Gasteiger partial charge is 0.444 e. The van der Waals surface area contributed by atoms with E-state index in [9.17, 15) is 4.79 Å². The molecular formula is C16H34IN5O2S. The second kappa shape index (κ2) is 12.9. The number of carbonyl (C=O) groups is 1. The van der Waals surface area contributed by atoms with Gasteiger partial charge < -0.3 is 20.3 Å². The lowest BCUT2D eigenvalue weighted by atomic mass is 10.2. The molecule has 0 aromatic heterocycles. The summed E-state index contributed by atoms with van der Waals surface area (Å²) in [6.07, 6.45) is 1.88. The number of thioether (sulfide) groups is 1. The van der Waals surface area contributed by atoms with Gasteiger partial charge in [0.1, 0.15) is 5.60 Å². The number of halogens is 1. The topological polar surface area (TPSA) is 69.2 Å². The van der Waals surface area contributed by atoms with Gasteiger partial charge in [-0.15, -0.1) is 24.0 Å². The first-order chi connectivity index (χ1) is 11.4. The Hall–Kier alpha value is -0.420. The molecular weight excluding hydrogens is 453 g/mol. The van der Waals surface area contributed by atoms with Crippen LogP contribution in [0.1, 0.15) is 20.8 Å². The molecule has 1 saturated heterocycles. The van der Waals surface area contributed by atoms with Gasteiger partial charge in [-0.2, -0.15) is 11.8 Å². The molecule has 0 aromatic carbocycles. The summed E-state index contributed by atoms with van der Waals surface area (Å²) < 4.78 is 5.42. The maximum absolute atomic E-state index is 12.0. The van der Waals surface area contributed by atoms with Crippen LogP contribution in [0.5, 0.6) is 0 Å². The fourth-order valence-electron chi connectivity index (χ4n) is 2.31. The third kappa shape index (κ3) is 11.0. The number of aliphatic imine (C=N–C) groups is 1. The summed E-state index contributed by atoms with van der Waals surface area (Å²) in [6.45, 7) is 11.6. The van der Waals surface area contributed by atoms with Crippen molar-refractivity contribution in [2.24, 2.45) is 4.99 Å². The van der Waals surface area contributed by atoms with E-state index in [1.165, 1.54) is 0 Å². The van der Waals surface area contributed by atoms with E-state index < -0.39 is 5.60 Å². The number of carbonyl (C=O) groups excluding carboxylic acids is 1. The highest BCUT2D eigenvalue weighted by atomic mass is 127. The minimum Gasteiger partial charge on any atom is -0.444 e. The molecule has 1 aliphatic rings. The Morgan fingerprint density at radius 2 is 1.76 bits per heavy atom. The summed E-state index contributed by atoms with van der Waals surface area (Å²) in [5.74, 6) is 1.91. The normalized spacial score (nSPS) is 16.2. The standard InChI is InChI=1S/C16H33N5O2S.HI/c1-16(2,3)23-15(22)21-11-9-20(10-12-21)8-6-18-14(17-4)19-7-13-24-5;/h6-13H2,1-5H3,(H2,17,18,19);1H. The molecule has 1 amide bonds. The van der Waals surface area contributed by atoms with Gasteiger partial charge in [0.2, 0.25) is 0 Å². The highest BCUT2D eigenvalue weighted by Crippen LogP contribution is 2.11. The molecule has 9 heteroatoms. The smallest absolute Gasteiger partial charge is 0.410 e. The molecule has 0 radical (unpaired) electrons. The molecule has 1 aliphatic heterocycles. The van der Waals surface area contributed by atoms with Crippen molar-refractivity contribution in [1.82, 2.24) is 20.4 Å². The summed E-state index contributed by atoms with van der Waals surface area (Å²) in [4.78, 5) is 20.4. The predicted molar refractivity (Wildman–Crippen MR) is 117 cm³/mol. The van der Waals surface area contributed by atoms with Crippen LogP contribution in [-0.4, -0.2) is 92.3 Å². The Labute approximate surface area is 173 Å². The van der Waals surface area contributed by atoms with Crippen molar-refractivity contribution in [3.8, 4) is 0 Å². The Balaban J connectivity index is 0.00000576. The van der Waals surface area contributed by atoms with E-state index in [1.54, 1.807) is 11.9 Å². The van der Waals surface area contributed by atoms with Crippen molar-refractivity contribution in [3.05, 3.63) is 0 Å². The fourth-order valence-corrected chi connectivity index (χ4v) is 2.61. The van der Waals surface area contributed by atoms with Crippen LogP contribution in [0, 0.1) is 0 Å². The molecule has 2 N–H and O–H groups in total. The van der Waals surface area contributed by atoms with Gasteiger partial charge in [-0.05, 0) is 27.0 Å². The van der Waals surface area contributed by atoms with E-state index in [1.807, 2.05) is 32.5 Å². The number of hydrogen-bond donors (Lipinski definition) is 2. The third-order valence-corrected chi connectivity index (χ3v) is 4.18. The third-order valence-electron chi connectivity index (χ3n) is 3.57. The highest BCUT2D eigenvalue weighted by molar-refractivity contribution is 14.0. The van der Waals surface area contributed by atoms with Crippen molar-refractivity contribution >= 4 is 47.8 Å². The van der Waals surface area contributed by atoms with Crippen LogP contribution in [-0.2, 0) is 4.74 Å². The average molecular weight is 487 g/mol. The Morgan fingerprint density at radius 3 is 2.28 bits per heavy atom. The number of guanidine groups is 1. The van der Waals surface area contributed by atoms with Gasteiger partial charge in [-0.1, -0.05) is 0 Å². The highest BCUT2D eigenvalue weighted by Gasteiger charge is 2.25. The van der Waals surface area contributed by atoms with Crippen molar-refractivity contribution in [1.29, 1.82) is 0 Å². The minimum atomic E-state index is -0.433. The van der Waals surface area contributed by atoms with E-state index in [4.69, 9.17) is 4.74 Å². The molecule has 1 rings (SSSR count). The van der Waals surface area contributed by atoms with E-state index in [-0.39, 0.29) is 30.1 Å². The van der Waals surface area contributed by atoms with Crippen LogP contribution in [0.25, 0.3) is 0 Å².